The third kappa shape index (κ3) is 0.954. The van der Waals surface area contributed by atoms with Crippen molar-refractivity contribution in [3.8, 4) is 10.4 Å². The molecule has 0 radical (unpaired) electrons. The number of aromatic nitrogens is 1. The van der Waals surface area contributed by atoms with E-state index < -0.39 is 0 Å². The molecule has 13 heavy (non-hydrogen) atoms. The molecule has 0 aliphatic heterocycles. The second kappa shape index (κ2) is 2.42. The van der Waals surface area contributed by atoms with Gasteiger partial charge in [0.2, 0.25) is 0 Å². The minimum Gasteiger partial charge on any atom is -0.246 e. The maximum atomic E-state index is 4.52. The predicted octanol–water partition coefficient (Wildman–Crippen LogP) is 3.02. The van der Waals surface area contributed by atoms with Crippen LogP contribution in [-0.2, 0) is 6.42 Å². The molecular weight excluding hydrogens is 178 g/mol. The highest BCUT2D eigenvalue weighted by molar-refractivity contribution is 7.15. The van der Waals surface area contributed by atoms with E-state index in [1.54, 1.807) is 0 Å². The Bertz CT molecular complexity index is 471. The summed E-state index contributed by atoms with van der Waals surface area (Å²) in [6, 6.07) is 8.59. The van der Waals surface area contributed by atoms with Gasteiger partial charge in [0, 0.05) is 6.42 Å². The first-order valence-corrected chi connectivity index (χ1v) is 5.21. The van der Waals surface area contributed by atoms with E-state index in [0.717, 1.165) is 6.42 Å². The minimum atomic E-state index is 1.02. The van der Waals surface area contributed by atoms with E-state index in [1.165, 1.54) is 26.7 Å². The SMILES string of the molecule is Cc1nc2c(s1)-c1ccccc1C2. The van der Waals surface area contributed by atoms with Crippen LogP contribution < -0.4 is 0 Å². The molecule has 0 amide bonds. The fraction of sp³-hybridized carbons (Fsp3) is 0.182. The van der Waals surface area contributed by atoms with Crippen LogP contribution in [0.15, 0.2) is 24.3 Å². The molecule has 0 fully saturated rings. The molecule has 1 aromatic carbocycles. The molecule has 0 spiro atoms. The molecule has 0 saturated carbocycles. The van der Waals surface area contributed by atoms with Gasteiger partial charge in [-0.05, 0) is 18.1 Å². The third-order valence-corrected chi connectivity index (χ3v) is 3.47. The van der Waals surface area contributed by atoms with Gasteiger partial charge in [-0.25, -0.2) is 4.98 Å². The first-order chi connectivity index (χ1) is 6.34. The van der Waals surface area contributed by atoms with Crippen LogP contribution in [0.1, 0.15) is 16.3 Å². The zero-order chi connectivity index (χ0) is 8.84. The van der Waals surface area contributed by atoms with Crippen molar-refractivity contribution in [1.82, 2.24) is 4.98 Å². The van der Waals surface area contributed by atoms with Crippen molar-refractivity contribution in [3.63, 3.8) is 0 Å². The van der Waals surface area contributed by atoms with Crippen molar-refractivity contribution < 1.29 is 0 Å². The highest BCUT2D eigenvalue weighted by atomic mass is 32.1. The topological polar surface area (TPSA) is 12.9 Å². The Balaban J connectivity index is 2.30. The molecular formula is C11H9NS. The van der Waals surface area contributed by atoms with E-state index >= 15 is 0 Å². The van der Waals surface area contributed by atoms with Crippen molar-refractivity contribution in [1.29, 1.82) is 0 Å². The molecule has 1 aromatic heterocycles. The first kappa shape index (κ1) is 7.27. The predicted molar refractivity (Wildman–Crippen MR) is 55.1 cm³/mol. The molecule has 0 unspecified atom stereocenters. The summed E-state index contributed by atoms with van der Waals surface area (Å²) in [5.74, 6) is 0. The highest BCUT2D eigenvalue weighted by Gasteiger charge is 2.21. The summed E-state index contributed by atoms with van der Waals surface area (Å²) in [4.78, 5) is 5.91. The van der Waals surface area contributed by atoms with Crippen LogP contribution in [0, 0.1) is 6.92 Å². The Hall–Kier alpha value is -1.15. The van der Waals surface area contributed by atoms with Gasteiger partial charge in [-0.15, -0.1) is 11.3 Å². The Morgan fingerprint density at radius 2 is 2.15 bits per heavy atom. The molecule has 1 aliphatic rings. The maximum Gasteiger partial charge on any atom is 0.0904 e. The maximum absolute atomic E-state index is 4.52. The van der Waals surface area contributed by atoms with Crippen LogP contribution in [0.25, 0.3) is 10.4 Å². The molecule has 0 saturated heterocycles. The summed E-state index contributed by atoms with van der Waals surface area (Å²) < 4.78 is 0. The number of hydrogen-bond acceptors (Lipinski definition) is 2. The molecule has 2 heteroatoms. The number of aryl methyl sites for hydroxylation is 1. The third-order valence-electron chi connectivity index (χ3n) is 2.42. The Morgan fingerprint density at radius 1 is 1.31 bits per heavy atom. The molecule has 1 aliphatic carbocycles. The van der Waals surface area contributed by atoms with Gasteiger partial charge in [0.15, 0.2) is 0 Å². The van der Waals surface area contributed by atoms with Gasteiger partial charge >= 0.3 is 0 Å². The first-order valence-electron chi connectivity index (χ1n) is 4.39. The summed E-state index contributed by atoms with van der Waals surface area (Å²) in [5.41, 5.74) is 4.09. The van der Waals surface area contributed by atoms with Crippen molar-refractivity contribution in [2.45, 2.75) is 13.3 Å². The largest absolute Gasteiger partial charge is 0.246 e. The average molecular weight is 187 g/mol. The molecule has 1 heterocycles. The van der Waals surface area contributed by atoms with Gasteiger partial charge in [-0.2, -0.15) is 0 Å². The van der Waals surface area contributed by atoms with Crippen molar-refractivity contribution >= 4 is 11.3 Å². The lowest BCUT2D eigenvalue weighted by molar-refractivity contribution is 1.12. The number of nitrogens with zero attached hydrogens (tertiary/aromatic N) is 1. The van der Waals surface area contributed by atoms with E-state index in [9.17, 15) is 0 Å². The number of hydrogen-bond donors (Lipinski definition) is 0. The Morgan fingerprint density at radius 3 is 3.08 bits per heavy atom. The highest BCUT2D eigenvalue weighted by Crippen LogP contribution is 2.39. The number of benzene rings is 1. The van der Waals surface area contributed by atoms with Gasteiger partial charge in [0.1, 0.15) is 0 Å². The average Bonchev–Trinajstić information content (AvgIpc) is 2.60. The van der Waals surface area contributed by atoms with Gasteiger partial charge in [0.05, 0.1) is 15.6 Å². The summed E-state index contributed by atoms with van der Waals surface area (Å²) in [6.07, 6.45) is 1.02. The van der Waals surface area contributed by atoms with E-state index in [4.69, 9.17) is 0 Å². The molecule has 2 aromatic rings. The number of thiazole rings is 1. The lowest BCUT2D eigenvalue weighted by Crippen LogP contribution is -1.81. The zero-order valence-corrected chi connectivity index (χ0v) is 8.19. The van der Waals surface area contributed by atoms with Crippen LogP contribution in [0.4, 0.5) is 0 Å². The molecule has 3 rings (SSSR count). The van der Waals surface area contributed by atoms with Crippen molar-refractivity contribution in [3.05, 3.63) is 40.5 Å². The Labute approximate surface area is 81.1 Å². The molecule has 0 bridgehead atoms. The van der Waals surface area contributed by atoms with E-state index in [-0.39, 0.29) is 0 Å². The van der Waals surface area contributed by atoms with Crippen LogP contribution in [0.2, 0.25) is 0 Å². The second-order valence-corrected chi connectivity index (χ2v) is 4.55. The molecule has 0 atom stereocenters. The summed E-state index contributed by atoms with van der Waals surface area (Å²) in [6.45, 7) is 2.08. The fourth-order valence-electron chi connectivity index (χ4n) is 1.88. The van der Waals surface area contributed by atoms with Crippen LogP contribution in [0.5, 0.6) is 0 Å². The van der Waals surface area contributed by atoms with Crippen molar-refractivity contribution in [2.75, 3.05) is 0 Å². The van der Waals surface area contributed by atoms with Gasteiger partial charge in [-0.1, -0.05) is 24.3 Å². The molecule has 0 N–H and O–H groups in total. The second-order valence-electron chi connectivity index (χ2n) is 3.34. The van der Waals surface area contributed by atoms with E-state index in [2.05, 4.69) is 36.2 Å². The summed E-state index contributed by atoms with van der Waals surface area (Å²) in [5, 5.41) is 1.18. The fourth-order valence-corrected chi connectivity index (χ4v) is 2.87. The summed E-state index contributed by atoms with van der Waals surface area (Å²) >= 11 is 1.81. The van der Waals surface area contributed by atoms with Gasteiger partial charge < -0.3 is 0 Å². The van der Waals surface area contributed by atoms with Crippen LogP contribution >= 0.6 is 11.3 Å². The molecule has 64 valence electrons. The summed E-state index contributed by atoms with van der Waals surface area (Å²) in [7, 11) is 0. The standard InChI is InChI=1S/C11H9NS/c1-7-12-10-6-8-4-2-3-5-9(8)11(10)13-7/h2-5H,6H2,1H3. The Kier molecular flexibility index (Phi) is 1.35. The monoisotopic (exact) mass is 187 g/mol. The smallest absolute Gasteiger partial charge is 0.0904 e. The van der Waals surface area contributed by atoms with Gasteiger partial charge in [0.25, 0.3) is 0 Å². The van der Waals surface area contributed by atoms with Crippen LogP contribution in [0.3, 0.4) is 0 Å². The quantitative estimate of drug-likeness (QED) is 0.527. The van der Waals surface area contributed by atoms with Crippen molar-refractivity contribution in [2.24, 2.45) is 0 Å². The minimum absolute atomic E-state index is 1.02. The lowest BCUT2D eigenvalue weighted by Gasteiger charge is -1.95. The number of fused-ring (bicyclic) bond motifs is 3. The zero-order valence-electron chi connectivity index (χ0n) is 7.37. The molecule has 1 nitrogen and oxygen atoms in total. The lowest BCUT2D eigenvalue weighted by atomic mass is 10.1. The van der Waals surface area contributed by atoms with Crippen LogP contribution in [-0.4, -0.2) is 4.98 Å². The normalized spacial score (nSPS) is 12.7. The number of rotatable bonds is 0. The van der Waals surface area contributed by atoms with Gasteiger partial charge in [-0.3, -0.25) is 0 Å². The van der Waals surface area contributed by atoms with E-state index in [1.807, 2.05) is 11.3 Å². The van der Waals surface area contributed by atoms with E-state index in [0.29, 0.717) is 0 Å².